The number of aromatic nitrogens is 2. The van der Waals surface area contributed by atoms with Crippen molar-refractivity contribution in [1.82, 2.24) is 15.0 Å². The third kappa shape index (κ3) is 2.82. The molecule has 0 fully saturated rings. The van der Waals surface area contributed by atoms with E-state index in [1.807, 2.05) is 0 Å². The number of hydrogen-bond donors (Lipinski definition) is 2. The molecule has 0 bridgehead atoms. The highest BCUT2D eigenvalue weighted by molar-refractivity contribution is 7.05. The topological polar surface area (TPSA) is 63.8 Å². The van der Waals surface area contributed by atoms with Crippen LogP contribution in [0.3, 0.4) is 0 Å². The van der Waals surface area contributed by atoms with Crippen molar-refractivity contribution in [2.45, 2.75) is 12.5 Å². The standard InChI is InChI=1S/C10H10F2N4S/c11-7-2-1-6(8(12)4-7)3-9(15-13)10-5-14-16-17-10/h1-2,4-5,9,15H,3,13H2. The molecule has 4 nitrogen and oxygen atoms in total. The van der Waals surface area contributed by atoms with Crippen molar-refractivity contribution in [1.29, 1.82) is 0 Å². The zero-order chi connectivity index (χ0) is 12.3. The van der Waals surface area contributed by atoms with Crippen LogP contribution in [0.4, 0.5) is 8.78 Å². The molecule has 90 valence electrons. The maximum atomic E-state index is 13.5. The first-order valence-corrected chi connectivity index (χ1v) is 5.65. The number of nitrogens with zero attached hydrogens (tertiary/aromatic N) is 2. The number of benzene rings is 1. The van der Waals surface area contributed by atoms with Crippen molar-refractivity contribution in [3.63, 3.8) is 0 Å². The number of hydrogen-bond acceptors (Lipinski definition) is 5. The van der Waals surface area contributed by atoms with Crippen LogP contribution in [0.5, 0.6) is 0 Å². The summed E-state index contributed by atoms with van der Waals surface area (Å²) in [5.41, 5.74) is 2.96. The third-order valence-electron chi connectivity index (χ3n) is 2.36. The average molecular weight is 256 g/mol. The summed E-state index contributed by atoms with van der Waals surface area (Å²) in [6, 6.07) is 3.20. The maximum absolute atomic E-state index is 13.5. The first-order valence-electron chi connectivity index (χ1n) is 4.88. The van der Waals surface area contributed by atoms with E-state index in [0.29, 0.717) is 12.0 Å². The minimum atomic E-state index is -0.594. The molecule has 0 amide bonds. The smallest absolute Gasteiger partial charge is 0.129 e. The lowest BCUT2D eigenvalue weighted by Gasteiger charge is -2.13. The summed E-state index contributed by atoms with van der Waals surface area (Å²) in [6.07, 6.45) is 1.88. The Labute approximate surface area is 101 Å². The summed E-state index contributed by atoms with van der Waals surface area (Å²) in [5, 5.41) is 3.69. The van der Waals surface area contributed by atoms with Gasteiger partial charge < -0.3 is 0 Å². The number of nitrogens with one attached hydrogen (secondary N) is 1. The van der Waals surface area contributed by atoms with Crippen molar-refractivity contribution in [2.24, 2.45) is 5.84 Å². The molecule has 0 radical (unpaired) electrons. The zero-order valence-corrected chi connectivity index (χ0v) is 9.55. The summed E-state index contributed by atoms with van der Waals surface area (Å²) in [5.74, 6) is 4.22. The molecule has 0 aliphatic carbocycles. The van der Waals surface area contributed by atoms with Gasteiger partial charge in [0.15, 0.2) is 0 Å². The lowest BCUT2D eigenvalue weighted by Crippen LogP contribution is -2.29. The number of hydrazine groups is 1. The van der Waals surface area contributed by atoms with Gasteiger partial charge in [-0.25, -0.2) is 8.78 Å². The molecular weight excluding hydrogens is 246 g/mol. The van der Waals surface area contributed by atoms with E-state index in [0.717, 1.165) is 10.9 Å². The van der Waals surface area contributed by atoms with Gasteiger partial charge in [0, 0.05) is 6.07 Å². The molecule has 1 atom stereocenters. The van der Waals surface area contributed by atoms with E-state index in [2.05, 4.69) is 15.0 Å². The van der Waals surface area contributed by atoms with Crippen LogP contribution >= 0.6 is 11.5 Å². The molecule has 0 spiro atoms. The fraction of sp³-hybridized carbons (Fsp3) is 0.200. The molecule has 1 aromatic carbocycles. The minimum Gasteiger partial charge on any atom is -0.271 e. The van der Waals surface area contributed by atoms with Crippen molar-refractivity contribution < 1.29 is 8.78 Å². The molecule has 17 heavy (non-hydrogen) atoms. The number of nitrogens with two attached hydrogens (primary N) is 1. The summed E-state index contributed by atoms with van der Waals surface area (Å²) in [7, 11) is 0. The van der Waals surface area contributed by atoms with Crippen molar-refractivity contribution >= 4 is 11.5 Å². The quantitative estimate of drug-likeness (QED) is 0.643. The van der Waals surface area contributed by atoms with Crippen LogP contribution < -0.4 is 11.3 Å². The summed E-state index contributed by atoms with van der Waals surface area (Å²) >= 11 is 1.18. The van der Waals surface area contributed by atoms with E-state index in [4.69, 9.17) is 5.84 Å². The lowest BCUT2D eigenvalue weighted by molar-refractivity contribution is 0.526. The molecule has 2 rings (SSSR count). The lowest BCUT2D eigenvalue weighted by atomic mass is 10.0. The second-order valence-corrected chi connectivity index (χ2v) is 4.30. The van der Waals surface area contributed by atoms with Gasteiger partial charge in [0.2, 0.25) is 0 Å². The molecular formula is C10H10F2N4S. The van der Waals surface area contributed by atoms with E-state index in [9.17, 15) is 8.78 Å². The Hall–Kier alpha value is -1.44. The van der Waals surface area contributed by atoms with Crippen LogP contribution in [0.2, 0.25) is 0 Å². The van der Waals surface area contributed by atoms with Crippen LogP contribution in [-0.2, 0) is 6.42 Å². The monoisotopic (exact) mass is 256 g/mol. The number of rotatable bonds is 4. The fourth-order valence-electron chi connectivity index (χ4n) is 1.48. The fourth-order valence-corrected chi connectivity index (χ4v) is 2.04. The maximum Gasteiger partial charge on any atom is 0.129 e. The van der Waals surface area contributed by atoms with Gasteiger partial charge in [-0.05, 0) is 29.6 Å². The van der Waals surface area contributed by atoms with E-state index >= 15 is 0 Å². The van der Waals surface area contributed by atoms with Gasteiger partial charge in [-0.3, -0.25) is 11.3 Å². The predicted molar refractivity (Wildman–Crippen MR) is 60.0 cm³/mol. The van der Waals surface area contributed by atoms with Gasteiger partial charge >= 0.3 is 0 Å². The Balaban J connectivity index is 2.19. The first-order chi connectivity index (χ1) is 8.20. The van der Waals surface area contributed by atoms with Crippen molar-refractivity contribution in [2.75, 3.05) is 0 Å². The molecule has 7 heteroatoms. The molecule has 1 aromatic heterocycles. The average Bonchev–Trinajstić information content (AvgIpc) is 2.81. The number of halogens is 2. The summed E-state index contributed by atoms with van der Waals surface area (Å²) in [4.78, 5) is 0.802. The van der Waals surface area contributed by atoms with E-state index in [-0.39, 0.29) is 6.04 Å². The second kappa shape index (κ2) is 5.26. The Morgan fingerprint density at radius 3 is 2.82 bits per heavy atom. The minimum absolute atomic E-state index is 0.282. The van der Waals surface area contributed by atoms with Gasteiger partial charge in [-0.2, -0.15) is 0 Å². The molecule has 0 aliphatic heterocycles. The Morgan fingerprint density at radius 1 is 1.41 bits per heavy atom. The summed E-state index contributed by atoms with van der Waals surface area (Å²) in [6.45, 7) is 0. The summed E-state index contributed by atoms with van der Waals surface area (Å²) < 4.78 is 29.9. The SMILES string of the molecule is NNC(Cc1ccc(F)cc1F)c1cnns1. The molecule has 2 aromatic rings. The second-order valence-electron chi connectivity index (χ2n) is 3.48. The van der Waals surface area contributed by atoms with Crippen LogP contribution in [0.25, 0.3) is 0 Å². The molecule has 0 saturated heterocycles. The van der Waals surface area contributed by atoms with Crippen LogP contribution in [0.1, 0.15) is 16.5 Å². The van der Waals surface area contributed by atoms with E-state index < -0.39 is 11.6 Å². The first kappa shape index (κ1) is 12.0. The van der Waals surface area contributed by atoms with Crippen molar-refractivity contribution in [3.05, 3.63) is 46.5 Å². The van der Waals surface area contributed by atoms with Gasteiger partial charge in [-0.15, -0.1) is 5.10 Å². The van der Waals surface area contributed by atoms with E-state index in [1.54, 1.807) is 6.20 Å². The largest absolute Gasteiger partial charge is 0.271 e. The van der Waals surface area contributed by atoms with Gasteiger partial charge in [0.1, 0.15) is 11.6 Å². The Bertz CT molecular complexity index is 489. The van der Waals surface area contributed by atoms with Gasteiger partial charge in [-0.1, -0.05) is 10.6 Å². The van der Waals surface area contributed by atoms with Gasteiger partial charge in [0.05, 0.1) is 17.1 Å². The molecule has 0 saturated carbocycles. The predicted octanol–water partition coefficient (Wildman–Crippen LogP) is 1.56. The van der Waals surface area contributed by atoms with Crippen LogP contribution in [0, 0.1) is 11.6 Å². The molecule has 0 aliphatic rings. The van der Waals surface area contributed by atoms with E-state index in [1.165, 1.54) is 23.7 Å². The highest BCUT2D eigenvalue weighted by Gasteiger charge is 2.15. The van der Waals surface area contributed by atoms with Gasteiger partial charge in [0.25, 0.3) is 0 Å². The third-order valence-corrected chi connectivity index (χ3v) is 3.14. The van der Waals surface area contributed by atoms with Crippen molar-refractivity contribution in [3.8, 4) is 0 Å². The highest BCUT2D eigenvalue weighted by Crippen LogP contribution is 2.21. The zero-order valence-electron chi connectivity index (χ0n) is 8.73. The van der Waals surface area contributed by atoms with Crippen LogP contribution in [-0.4, -0.2) is 9.59 Å². The molecule has 1 unspecified atom stereocenters. The Morgan fingerprint density at radius 2 is 2.24 bits per heavy atom. The normalized spacial score (nSPS) is 12.6. The van der Waals surface area contributed by atoms with Crippen LogP contribution in [0.15, 0.2) is 24.4 Å². The highest BCUT2D eigenvalue weighted by atomic mass is 32.1. The molecule has 1 heterocycles. The Kier molecular flexibility index (Phi) is 3.72. The molecule has 3 N–H and O–H groups in total.